The first-order valence-corrected chi connectivity index (χ1v) is 11.4. The predicted octanol–water partition coefficient (Wildman–Crippen LogP) is 3.81. The molecule has 5 rings (SSSR count). The second-order valence-electron chi connectivity index (χ2n) is 7.63. The predicted molar refractivity (Wildman–Crippen MR) is 122 cm³/mol. The SMILES string of the molecule is Cn1c(-c2nnc(SCC(=O)N3CCN(c4ccccc4F)CC3)o2)cc2ccccc21. The Bertz CT molecular complexity index is 1260. The van der Waals surface area contributed by atoms with E-state index in [-0.39, 0.29) is 17.5 Å². The molecule has 1 aliphatic rings. The zero-order valence-electron chi connectivity index (χ0n) is 17.6. The van der Waals surface area contributed by atoms with E-state index in [2.05, 4.69) is 10.2 Å². The second kappa shape index (κ2) is 8.66. The molecular formula is C23H22FN5O2S. The molecule has 0 N–H and O–H groups in total. The van der Waals surface area contributed by atoms with E-state index in [0.717, 1.165) is 16.6 Å². The molecular weight excluding hydrogens is 429 g/mol. The lowest BCUT2D eigenvalue weighted by Gasteiger charge is -2.36. The molecule has 0 radical (unpaired) electrons. The number of hydrogen-bond acceptors (Lipinski definition) is 6. The zero-order valence-corrected chi connectivity index (χ0v) is 18.4. The summed E-state index contributed by atoms with van der Waals surface area (Å²) < 4.78 is 21.8. The maximum atomic E-state index is 14.0. The molecule has 2 aromatic carbocycles. The maximum Gasteiger partial charge on any atom is 0.277 e. The van der Waals surface area contributed by atoms with Crippen molar-refractivity contribution in [2.45, 2.75) is 5.22 Å². The number of halogens is 1. The van der Waals surface area contributed by atoms with Gasteiger partial charge in [-0.15, -0.1) is 10.2 Å². The molecule has 4 aromatic rings. The van der Waals surface area contributed by atoms with Gasteiger partial charge in [0.2, 0.25) is 5.91 Å². The Kier molecular flexibility index (Phi) is 5.57. The molecule has 0 spiro atoms. The monoisotopic (exact) mass is 451 g/mol. The molecule has 7 nitrogen and oxygen atoms in total. The number of para-hydroxylation sites is 2. The molecule has 2 aromatic heterocycles. The van der Waals surface area contributed by atoms with E-state index in [9.17, 15) is 9.18 Å². The topological polar surface area (TPSA) is 67.4 Å². The van der Waals surface area contributed by atoms with Gasteiger partial charge in [0.05, 0.1) is 11.4 Å². The Morgan fingerprint density at radius 1 is 1.06 bits per heavy atom. The number of aryl methyl sites for hydroxylation is 1. The van der Waals surface area contributed by atoms with Gasteiger partial charge >= 0.3 is 0 Å². The van der Waals surface area contributed by atoms with Gasteiger partial charge in [-0.2, -0.15) is 0 Å². The highest BCUT2D eigenvalue weighted by Gasteiger charge is 2.23. The first-order valence-electron chi connectivity index (χ1n) is 10.4. The minimum atomic E-state index is -0.235. The molecule has 1 fully saturated rings. The van der Waals surface area contributed by atoms with Gasteiger partial charge in [0.1, 0.15) is 11.5 Å². The Labute approximate surface area is 188 Å². The standard InChI is InChI=1S/C23H22FN5O2S/c1-27-18-8-4-2-6-16(18)14-20(27)22-25-26-23(31-22)32-15-21(30)29-12-10-28(11-13-29)19-9-5-3-7-17(19)24/h2-9,14H,10-13,15H2,1H3. The summed E-state index contributed by atoms with van der Waals surface area (Å²) in [6.07, 6.45) is 0. The molecule has 1 saturated heterocycles. The van der Waals surface area contributed by atoms with Crippen molar-refractivity contribution in [3.05, 3.63) is 60.4 Å². The first-order chi connectivity index (χ1) is 15.6. The number of nitrogens with zero attached hydrogens (tertiary/aromatic N) is 5. The average Bonchev–Trinajstić information content (AvgIpc) is 3.42. The van der Waals surface area contributed by atoms with E-state index < -0.39 is 0 Å². The summed E-state index contributed by atoms with van der Waals surface area (Å²) in [7, 11) is 1.96. The molecule has 0 unspecified atom stereocenters. The Morgan fingerprint density at radius 2 is 1.81 bits per heavy atom. The number of aromatic nitrogens is 3. The van der Waals surface area contributed by atoms with Crippen LogP contribution in [0.4, 0.5) is 10.1 Å². The van der Waals surface area contributed by atoms with Crippen LogP contribution >= 0.6 is 11.8 Å². The minimum absolute atomic E-state index is 0.00698. The lowest BCUT2D eigenvalue weighted by molar-refractivity contribution is -0.128. The zero-order chi connectivity index (χ0) is 22.1. The van der Waals surface area contributed by atoms with Crippen LogP contribution in [-0.4, -0.2) is 57.5 Å². The molecule has 1 aliphatic heterocycles. The number of hydrogen-bond donors (Lipinski definition) is 0. The first kappa shape index (κ1) is 20.6. The van der Waals surface area contributed by atoms with Crippen LogP contribution in [0.15, 0.2) is 64.2 Å². The molecule has 32 heavy (non-hydrogen) atoms. The third kappa shape index (κ3) is 3.95. The van der Waals surface area contributed by atoms with E-state index in [4.69, 9.17) is 4.42 Å². The van der Waals surface area contributed by atoms with Crippen LogP contribution in [-0.2, 0) is 11.8 Å². The highest BCUT2D eigenvalue weighted by Crippen LogP contribution is 2.28. The van der Waals surface area contributed by atoms with Crippen molar-refractivity contribution in [2.24, 2.45) is 7.05 Å². The number of carbonyl (C=O) groups excluding carboxylic acids is 1. The fourth-order valence-electron chi connectivity index (χ4n) is 3.99. The van der Waals surface area contributed by atoms with E-state index in [0.29, 0.717) is 43.0 Å². The van der Waals surface area contributed by atoms with Crippen LogP contribution in [0.5, 0.6) is 0 Å². The number of thioether (sulfide) groups is 1. The summed E-state index contributed by atoms with van der Waals surface area (Å²) in [6.45, 7) is 2.31. The summed E-state index contributed by atoms with van der Waals surface area (Å²) in [5.41, 5.74) is 2.50. The molecule has 0 saturated carbocycles. The van der Waals surface area contributed by atoms with Gasteiger partial charge < -0.3 is 18.8 Å². The maximum absolute atomic E-state index is 14.0. The molecule has 0 atom stereocenters. The van der Waals surface area contributed by atoms with Crippen molar-refractivity contribution in [1.82, 2.24) is 19.7 Å². The number of piperazine rings is 1. The lowest BCUT2D eigenvalue weighted by atomic mass is 10.2. The number of anilines is 1. The molecule has 1 amide bonds. The van der Waals surface area contributed by atoms with Gasteiger partial charge in [-0.1, -0.05) is 42.1 Å². The van der Waals surface area contributed by atoms with Crippen LogP contribution < -0.4 is 4.90 Å². The van der Waals surface area contributed by atoms with Crippen molar-refractivity contribution in [3.63, 3.8) is 0 Å². The molecule has 0 bridgehead atoms. The van der Waals surface area contributed by atoms with Crippen LogP contribution in [0.3, 0.4) is 0 Å². The van der Waals surface area contributed by atoms with E-state index in [1.165, 1.54) is 17.8 Å². The highest BCUT2D eigenvalue weighted by molar-refractivity contribution is 7.99. The quantitative estimate of drug-likeness (QED) is 0.430. The van der Waals surface area contributed by atoms with Crippen LogP contribution in [0.1, 0.15) is 0 Å². The van der Waals surface area contributed by atoms with Gasteiger partial charge in [-0.25, -0.2) is 4.39 Å². The van der Waals surface area contributed by atoms with E-state index >= 15 is 0 Å². The fraction of sp³-hybridized carbons (Fsp3) is 0.261. The molecule has 3 heterocycles. The third-order valence-electron chi connectivity index (χ3n) is 5.72. The average molecular weight is 452 g/mol. The number of fused-ring (bicyclic) bond motifs is 1. The van der Waals surface area contributed by atoms with Crippen molar-refractivity contribution in [3.8, 4) is 11.6 Å². The summed E-state index contributed by atoms with van der Waals surface area (Å²) in [5.74, 6) is 0.419. The number of rotatable bonds is 5. The highest BCUT2D eigenvalue weighted by atomic mass is 32.2. The fourth-order valence-corrected chi connectivity index (χ4v) is 4.65. The number of benzene rings is 2. The normalized spacial score (nSPS) is 14.3. The largest absolute Gasteiger partial charge is 0.410 e. The van der Waals surface area contributed by atoms with Crippen molar-refractivity contribution in [2.75, 3.05) is 36.8 Å². The summed E-state index contributed by atoms with van der Waals surface area (Å²) in [5, 5.41) is 9.72. The summed E-state index contributed by atoms with van der Waals surface area (Å²) >= 11 is 1.24. The van der Waals surface area contributed by atoms with Gasteiger partial charge in [-0.05, 0) is 24.3 Å². The second-order valence-corrected chi connectivity index (χ2v) is 8.56. The minimum Gasteiger partial charge on any atom is -0.410 e. The van der Waals surface area contributed by atoms with Gasteiger partial charge in [0, 0.05) is 44.1 Å². The van der Waals surface area contributed by atoms with Gasteiger partial charge in [0.15, 0.2) is 0 Å². The Morgan fingerprint density at radius 3 is 2.59 bits per heavy atom. The van der Waals surface area contributed by atoms with Gasteiger partial charge in [-0.3, -0.25) is 4.79 Å². The molecule has 164 valence electrons. The van der Waals surface area contributed by atoms with Gasteiger partial charge in [0.25, 0.3) is 11.1 Å². The Balaban J connectivity index is 1.18. The molecule has 9 heteroatoms. The molecule has 0 aliphatic carbocycles. The smallest absolute Gasteiger partial charge is 0.277 e. The van der Waals surface area contributed by atoms with Crippen molar-refractivity contribution < 1.29 is 13.6 Å². The van der Waals surface area contributed by atoms with E-state index in [1.807, 2.05) is 52.9 Å². The van der Waals surface area contributed by atoms with Crippen molar-refractivity contribution in [1.29, 1.82) is 0 Å². The van der Waals surface area contributed by atoms with Crippen molar-refractivity contribution >= 4 is 34.3 Å². The number of amides is 1. The van der Waals surface area contributed by atoms with Crippen LogP contribution in [0.2, 0.25) is 0 Å². The lowest BCUT2D eigenvalue weighted by Crippen LogP contribution is -2.49. The third-order valence-corrected chi connectivity index (χ3v) is 6.53. The van der Waals surface area contributed by atoms with Crippen LogP contribution in [0, 0.1) is 5.82 Å². The van der Waals surface area contributed by atoms with Crippen LogP contribution in [0.25, 0.3) is 22.5 Å². The Hall–Kier alpha value is -3.33. The number of carbonyl (C=O) groups is 1. The summed E-state index contributed by atoms with van der Waals surface area (Å²) in [6, 6.07) is 16.8. The van der Waals surface area contributed by atoms with E-state index in [1.54, 1.807) is 17.0 Å². The summed E-state index contributed by atoms with van der Waals surface area (Å²) in [4.78, 5) is 16.4.